The van der Waals surface area contributed by atoms with Crippen LogP contribution in [0.4, 0.5) is 0 Å². The van der Waals surface area contributed by atoms with Crippen molar-refractivity contribution in [3.8, 4) is 0 Å². The van der Waals surface area contributed by atoms with Crippen LogP contribution in [-0.4, -0.2) is 9.78 Å². The highest BCUT2D eigenvalue weighted by Crippen LogP contribution is 2.36. The summed E-state index contributed by atoms with van der Waals surface area (Å²) >= 11 is 12.2. The topological polar surface area (TPSA) is 17.8 Å². The van der Waals surface area contributed by atoms with Gasteiger partial charge in [0.2, 0.25) is 0 Å². The average molecular weight is 229 g/mol. The molecule has 0 unspecified atom stereocenters. The smallest absolute Gasteiger partial charge is 0.0877 e. The Balaban J connectivity index is 2.55. The van der Waals surface area contributed by atoms with Crippen LogP contribution >= 0.6 is 23.2 Å². The highest BCUT2D eigenvalue weighted by Gasteiger charge is 2.18. The summed E-state index contributed by atoms with van der Waals surface area (Å²) in [6.07, 6.45) is 4.51. The molecule has 0 atom stereocenters. The fraction of sp³-hybridized carbons (Fsp3) is 0.300. The molecule has 2 rings (SSSR count). The van der Waals surface area contributed by atoms with Gasteiger partial charge in [-0.3, -0.25) is 4.68 Å². The molecule has 0 aliphatic heterocycles. The zero-order chi connectivity index (χ0) is 10.3. The molecule has 0 N–H and O–H groups in total. The van der Waals surface area contributed by atoms with Gasteiger partial charge in [0.1, 0.15) is 0 Å². The number of hydrogen-bond donors (Lipinski definition) is 0. The molecule has 1 aliphatic carbocycles. The average Bonchev–Trinajstić information content (AvgIpc) is 2.57. The van der Waals surface area contributed by atoms with Crippen LogP contribution in [-0.2, 0) is 7.05 Å². The van der Waals surface area contributed by atoms with Crippen molar-refractivity contribution in [2.24, 2.45) is 7.05 Å². The Morgan fingerprint density at radius 1 is 1.43 bits per heavy atom. The Hall–Kier alpha value is -0.730. The van der Waals surface area contributed by atoms with Gasteiger partial charge in [-0.25, -0.2) is 0 Å². The number of aromatic nitrogens is 2. The van der Waals surface area contributed by atoms with Crippen molar-refractivity contribution in [2.75, 3.05) is 0 Å². The predicted octanol–water partition coefficient (Wildman–Crippen LogP) is 3.37. The molecule has 0 bridgehead atoms. The van der Waals surface area contributed by atoms with E-state index in [1.807, 2.05) is 7.05 Å². The Bertz CT molecular complexity index is 421. The summed E-state index contributed by atoms with van der Waals surface area (Å²) in [5, 5.41) is 5.57. The second-order valence-corrected chi connectivity index (χ2v) is 4.31. The molecule has 0 amide bonds. The molecule has 0 aromatic carbocycles. The summed E-state index contributed by atoms with van der Waals surface area (Å²) in [6, 6.07) is 0. The molecule has 1 aromatic rings. The van der Waals surface area contributed by atoms with E-state index >= 15 is 0 Å². The number of rotatable bonds is 1. The summed E-state index contributed by atoms with van der Waals surface area (Å²) in [6.45, 7) is 2.06. The molecule has 0 saturated carbocycles. The summed E-state index contributed by atoms with van der Waals surface area (Å²) in [5.41, 5.74) is 3.14. The fourth-order valence-electron chi connectivity index (χ4n) is 1.63. The molecule has 74 valence electrons. The van der Waals surface area contributed by atoms with Gasteiger partial charge >= 0.3 is 0 Å². The lowest BCUT2D eigenvalue weighted by atomic mass is 10.2. The van der Waals surface area contributed by atoms with E-state index in [1.165, 1.54) is 5.57 Å². The van der Waals surface area contributed by atoms with E-state index in [4.69, 9.17) is 23.2 Å². The van der Waals surface area contributed by atoms with Crippen LogP contribution in [0.25, 0.3) is 5.57 Å². The molecule has 0 radical (unpaired) electrons. The molecule has 1 aliphatic rings. The summed E-state index contributed by atoms with van der Waals surface area (Å²) in [5.74, 6) is 0. The van der Waals surface area contributed by atoms with Crippen LogP contribution in [0.5, 0.6) is 0 Å². The van der Waals surface area contributed by atoms with E-state index in [0.717, 1.165) is 22.7 Å². The van der Waals surface area contributed by atoms with Crippen LogP contribution in [0.15, 0.2) is 22.9 Å². The van der Waals surface area contributed by atoms with Gasteiger partial charge in [-0.05, 0) is 6.92 Å². The highest BCUT2D eigenvalue weighted by molar-refractivity contribution is 6.36. The maximum atomic E-state index is 6.14. The van der Waals surface area contributed by atoms with Crippen molar-refractivity contribution in [1.82, 2.24) is 9.78 Å². The largest absolute Gasteiger partial charge is 0.266 e. The van der Waals surface area contributed by atoms with E-state index in [9.17, 15) is 0 Å². The third-order valence-corrected chi connectivity index (χ3v) is 2.88. The number of aryl methyl sites for hydroxylation is 1. The molecule has 2 nitrogen and oxygen atoms in total. The number of nitrogens with zero attached hydrogens (tertiary/aromatic N) is 2. The monoisotopic (exact) mass is 228 g/mol. The van der Waals surface area contributed by atoms with E-state index in [2.05, 4.69) is 18.1 Å². The van der Waals surface area contributed by atoms with E-state index in [-0.39, 0.29) is 0 Å². The van der Waals surface area contributed by atoms with Crippen LogP contribution < -0.4 is 0 Å². The van der Waals surface area contributed by atoms with Gasteiger partial charge in [0, 0.05) is 24.1 Å². The standard InChI is InChI=1S/C10H10Cl2N2/c1-6-3-7(8(11)4-6)10-9(12)5-13-14(10)2/h3,5H,4H2,1-2H3. The second-order valence-electron chi connectivity index (χ2n) is 3.45. The first-order chi connectivity index (χ1) is 6.59. The van der Waals surface area contributed by atoms with Crippen molar-refractivity contribution < 1.29 is 0 Å². The summed E-state index contributed by atoms with van der Waals surface area (Å²) in [7, 11) is 1.86. The minimum atomic E-state index is 0.645. The first kappa shape index (κ1) is 9.81. The van der Waals surface area contributed by atoms with Crippen LogP contribution in [0.1, 0.15) is 19.0 Å². The SMILES string of the molecule is CC1=CC(c2c(Cl)cnn2C)=C(Cl)C1. The third-order valence-electron chi connectivity index (χ3n) is 2.27. The first-order valence-electron chi connectivity index (χ1n) is 4.33. The predicted molar refractivity (Wildman–Crippen MR) is 59.4 cm³/mol. The van der Waals surface area contributed by atoms with Gasteiger partial charge in [0.25, 0.3) is 0 Å². The van der Waals surface area contributed by atoms with Gasteiger partial charge in [-0.2, -0.15) is 5.10 Å². The number of halogens is 2. The normalized spacial score (nSPS) is 16.4. The van der Waals surface area contributed by atoms with E-state index < -0.39 is 0 Å². The van der Waals surface area contributed by atoms with Crippen molar-refractivity contribution in [1.29, 1.82) is 0 Å². The van der Waals surface area contributed by atoms with Crippen LogP contribution in [0.2, 0.25) is 5.02 Å². The molecule has 1 aromatic heterocycles. The number of allylic oxidation sites excluding steroid dienone is 4. The molecule has 1 heterocycles. The molecular weight excluding hydrogens is 219 g/mol. The quantitative estimate of drug-likeness (QED) is 0.721. The molecular formula is C10H10Cl2N2. The van der Waals surface area contributed by atoms with Crippen molar-refractivity contribution in [3.05, 3.63) is 33.6 Å². The Morgan fingerprint density at radius 2 is 2.14 bits per heavy atom. The lowest BCUT2D eigenvalue weighted by Gasteiger charge is -2.02. The second kappa shape index (κ2) is 3.44. The number of hydrogen-bond acceptors (Lipinski definition) is 1. The lowest BCUT2D eigenvalue weighted by molar-refractivity contribution is 0.757. The molecule has 0 spiro atoms. The maximum Gasteiger partial charge on any atom is 0.0877 e. The zero-order valence-electron chi connectivity index (χ0n) is 8.01. The van der Waals surface area contributed by atoms with Gasteiger partial charge in [-0.1, -0.05) is 34.9 Å². The van der Waals surface area contributed by atoms with Crippen LogP contribution in [0.3, 0.4) is 0 Å². The minimum Gasteiger partial charge on any atom is -0.266 e. The summed E-state index contributed by atoms with van der Waals surface area (Å²) in [4.78, 5) is 0. The van der Waals surface area contributed by atoms with Gasteiger partial charge in [-0.15, -0.1) is 0 Å². The Labute approximate surface area is 92.8 Å². The van der Waals surface area contributed by atoms with E-state index in [1.54, 1.807) is 10.9 Å². The lowest BCUT2D eigenvalue weighted by Crippen LogP contribution is -1.96. The van der Waals surface area contributed by atoms with Gasteiger partial charge in [0.15, 0.2) is 0 Å². The first-order valence-corrected chi connectivity index (χ1v) is 5.09. The van der Waals surface area contributed by atoms with Crippen LogP contribution in [0, 0.1) is 0 Å². The highest BCUT2D eigenvalue weighted by atomic mass is 35.5. The maximum absolute atomic E-state index is 6.14. The summed E-state index contributed by atoms with van der Waals surface area (Å²) < 4.78 is 1.75. The van der Waals surface area contributed by atoms with Crippen molar-refractivity contribution in [2.45, 2.75) is 13.3 Å². The van der Waals surface area contributed by atoms with Gasteiger partial charge < -0.3 is 0 Å². The minimum absolute atomic E-state index is 0.645. The molecule has 0 saturated heterocycles. The Morgan fingerprint density at radius 3 is 2.57 bits per heavy atom. The molecule has 4 heteroatoms. The zero-order valence-corrected chi connectivity index (χ0v) is 9.52. The molecule has 14 heavy (non-hydrogen) atoms. The third kappa shape index (κ3) is 1.49. The van der Waals surface area contributed by atoms with Gasteiger partial charge in [0.05, 0.1) is 16.9 Å². The fourth-order valence-corrected chi connectivity index (χ4v) is 2.25. The van der Waals surface area contributed by atoms with Crippen molar-refractivity contribution >= 4 is 28.8 Å². The van der Waals surface area contributed by atoms with E-state index in [0.29, 0.717) is 5.02 Å². The molecule has 0 fully saturated rings. The Kier molecular flexibility index (Phi) is 2.41. The van der Waals surface area contributed by atoms with Crippen molar-refractivity contribution in [3.63, 3.8) is 0 Å².